The van der Waals surface area contributed by atoms with E-state index < -0.39 is 6.29 Å². The van der Waals surface area contributed by atoms with Gasteiger partial charge in [-0.25, -0.2) is 0 Å². The highest BCUT2D eigenvalue weighted by atomic mass is 16.5. The van der Waals surface area contributed by atoms with Gasteiger partial charge in [-0.2, -0.15) is 0 Å². The van der Waals surface area contributed by atoms with Crippen molar-refractivity contribution < 1.29 is 10.2 Å². The van der Waals surface area contributed by atoms with Crippen LogP contribution in [0, 0.1) is 5.41 Å². The molecule has 0 unspecified atom stereocenters. The molecule has 0 aromatic rings. The molecule has 2 nitrogen and oxygen atoms in total. The Balaban J connectivity index is 3.71. The summed E-state index contributed by atoms with van der Waals surface area (Å²) in [5.74, 6) is 0. The molecule has 50 valence electrons. The summed E-state index contributed by atoms with van der Waals surface area (Å²) >= 11 is 0. The van der Waals surface area contributed by atoms with Gasteiger partial charge in [0.15, 0.2) is 6.29 Å². The van der Waals surface area contributed by atoms with E-state index in [1.807, 2.05) is 20.8 Å². The quantitative estimate of drug-likeness (QED) is 0.525. The van der Waals surface area contributed by atoms with Crippen LogP contribution in [0.5, 0.6) is 0 Å². The topological polar surface area (TPSA) is 40.5 Å². The molecule has 8 heavy (non-hydrogen) atoms. The summed E-state index contributed by atoms with van der Waals surface area (Å²) in [6.07, 6.45) is -0.405. The zero-order valence-corrected chi connectivity index (χ0v) is 5.68. The molecular weight excluding hydrogens is 104 g/mol. The second-order valence-electron chi connectivity index (χ2n) is 2.72. The van der Waals surface area contributed by atoms with Crippen LogP contribution in [-0.2, 0) is 0 Å². The summed E-state index contributed by atoms with van der Waals surface area (Å²) in [7, 11) is 0. The Morgan fingerprint density at radius 2 is 1.75 bits per heavy atom. The summed E-state index contributed by atoms with van der Waals surface area (Å²) in [5, 5.41) is 17.3. The fraction of sp³-hybridized carbons (Fsp3) is 1.00. The Bertz CT molecular complexity index is 66.9. The smallest absolute Gasteiger partial charge is 0.156 e. The fourth-order valence-electron chi connectivity index (χ4n) is 0.183. The zero-order chi connectivity index (χ0) is 6.78. The second-order valence-corrected chi connectivity index (χ2v) is 2.72. The predicted octanol–water partition coefficient (Wildman–Crippen LogP) is 0.733. The SMILES string of the molecule is CCC(C)(C)C(O)O. The molecule has 0 aliphatic heterocycles. The molecule has 0 bridgehead atoms. The molecular formula is C6H14O2. The lowest BCUT2D eigenvalue weighted by Gasteiger charge is -2.24. The van der Waals surface area contributed by atoms with Crippen LogP contribution in [-0.4, -0.2) is 16.5 Å². The molecule has 0 aliphatic rings. The van der Waals surface area contributed by atoms with Gasteiger partial charge in [0, 0.05) is 5.41 Å². The van der Waals surface area contributed by atoms with Crippen LogP contribution in [0.3, 0.4) is 0 Å². The minimum Gasteiger partial charge on any atom is -0.368 e. The van der Waals surface area contributed by atoms with Gasteiger partial charge in [-0.1, -0.05) is 20.8 Å². The first-order valence-electron chi connectivity index (χ1n) is 2.87. The van der Waals surface area contributed by atoms with Gasteiger partial charge in [-0.3, -0.25) is 0 Å². The predicted molar refractivity (Wildman–Crippen MR) is 32.3 cm³/mol. The molecule has 0 aromatic heterocycles. The maximum Gasteiger partial charge on any atom is 0.156 e. The van der Waals surface area contributed by atoms with Crippen LogP contribution in [0.4, 0.5) is 0 Å². The van der Waals surface area contributed by atoms with E-state index in [2.05, 4.69) is 0 Å². The molecule has 0 saturated heterocycles. The lowest BCUT2D eigenvalue weighted by Crippen LogP contribution is -2.27. The zero-order valence-electron chi connectivity index (χ0n) is 5.68. The van der Waals surface area contributed by atoms with E-state index in [4.69, 9.17) is 10.2 Å². The Labute approximate surface area is 50.2 Å². The summed E-state index contributed by atoms with van der Waals surface area (Å²) in [6.45, 7) is 5.56. The number of hydrogen-bond donors (Lipinski definition) is 2. The molecule has 0 heterocycles. The largest absolute Gasteiger partial charge is 0.368 e. The highest BCUT2D eigenvalue weighted by molar-refractivity contribution is 4.66. The van der Waals surface area contributed by atoms with Crippen LogP contribution in [0.2, 0.25) is 0 Å². The lowest BCUT2D eigenvalue weighted by molar-refractivity contribution is -0.122. The third kappa shape index (κ3) is 1.80. The highest BCUT2D eigenvalue weighted by Crippen LogP contribution is 2.22. The van der Waals surface area contributed by atoms with Crippen molar-refractivity contribution >= 4 is 0 Å². The molecule has 0 atom stereocenters. The van der Waals surface area contributed by atoms with E-state index in [1.54, 1.807) is 0 Å². The Morgan fingerprint density at radius 3 is 1.75 bits per heavy atom. The average Bonchev–Trinajstić information content (AvgIpc) is 1.67. The van der Waals surface area contributed by atoms with Crippen LogP contribution < -0.4 is 0 Å². The Morgan fingerprint density at radius 1 is 1.38 bits per heavy atom. The highest BCUT2D eigenvalue weighted by Gasteiger charge is 2.22. The molecule has 0 aliphatic carbocycles. The van der Waals surface area contributed by atoms with Gasteiger partial charge in [0.1, 0.15) is 0 Å². The van der Waals surface area contributed by atoms with Crippen LogP contribution in [0.25, 0.3) is 0 Å². The van der Waals surface area contributed by atoms with Crippen LogP contribution >= 0.6 is 0 Å². The van der Waals surface area contributed by atoms with Crippen molar-refractivity contribution in [1.82, 2.24) is 0 Å². The van der Waals surface area contributed by atoms with Crippen LogP contribution in [0.1, 0.15) is 27.2 Å². The summed E-state index contributed by atoms with van der Waals surface area (Å²) in [5.41, 5.74) is -0.347. The molecule has 0 radical (unpaired) electrons. The van der Waals surface area contributed by atoms with E-state index in [9.17, 15) is 0 Å². The minimum absolute atomic E-state index is 0.347. The molecule has 2 N–H and O–H groups in total. The maximum atomic E-state index is 8.64. The van der Waals surface area contributed by atoms with Crippen molar-refractivity contribution in [3.05, 3.63) is 0 Å². The molecule has 2 heteroatoms. The third-order valence-electron chi connectivity index (χ3n) is 1.61. The monoisotopic (exact) mass is 118 g/mol. The lowest BCUT2D eigenvalue weighted by atomic mass is 9.90. The van der Waals surface area contributed by atoms with Gasteiger partial charge in [-0.05, 0) is 6.42 Å². The van der Waals surface area contributed by atoms with E-state index in [-0.39, 0.29) is 5.41 Å². The van der Waals surface area contributed by atoms with Gasteiger partial charge in [0.25, 0.3) is 0 Å². The number of hydrogen-bond acceptors (Lipinski definition) is 2. The molecule has 0 aromatic carbocycles. The number of aliphatic hydroxyl groups excluding tert-OH is 1. The normalized spacial score (nSPS) is 12.8. The number of aliphatic hydroxyl groups is 2. The van der Waals surface area contributed by atoms with E-state index in [1.165, 1.54) is 0 Å². The molecule has 0 spiro atoms. The molecule has 0 rings (SSSR count). The van der Waals surface area contributed by atoms with Crippen molar-refractivity contribution in [1.29, 1.82) is 0 Å². The summed E-state index contributed by atoms with van der Waals surface area (Å²) in [4.78, 5) is 0. The first-order valence-corrected chi connectivity index (χ1v) is 2.87. The molecule has 0 fully saturated rings. The Kier molecular flexibility index (Phi) is 2.44. The van der Waals surface area contributed by atoms with Gasteiger partial charge in [0.2, 0.25) is 0 Å². The van der Waals surface area contributed by atoms with Gasteiger partial charge in [-0.15, -0.1) is 0 Å². The van der Waals surface area contributed by atoms with E-state index in [0.717, 1.165) is 6.42 Å². The van der Waals surface area contributed by atoms with E-state index >= 15 is 0 Å². The third-order valence-corrected chi connectivity index (χ3v) is 1.61. The Hall–Kier alpha value is -0.0800. The minimum atomic E-state index is -1.19. The first kappa shape index (κ1) is 7.92. The van der Waals surface area contributed by atoms with Gasteiger partial charge >= 0.3 is 0 Å². The van der Waals surface area contributed by atoms with Crippen molar-refractivity contribution in [2.45, 2.75) is 33.5 Å². The summed E-state index contributed by atoms with van der Waals surface area (Å²) < 4.78 is 0. The van der Waals surface area contributed by atoms with Crippen molar-refractivity contribution in [3.8, 4) is 0 Å². The number of rotatable bonds is 2. The van der Waals surface area contributed by atoms with Crippen molar-refractivity contribution in [2.75, 3.05) is 0 Å². The van der Waals surface area contributed by atoms with Gasteiger partial charge in [0.05, 0.1) is 0 Å². The first-order chi connectivity index (χ1) is 3.50. The standard InChI is InChI=1S/C6H14O2/c1-4-6(2,3)5(7)8/h5,7-8H,4H2,1-3H3. The maximum absolute atomic E-state index is 8.64. The van der Waals surface area contributed by atoms with Gasteiger partial charge < -0.3 is 10.2 Å². The van der Waals surface area contributed by atoms with Crippen molar-refractivity contribution in [2.24, 2.45) is 5.41 Å². The second kappa shape index (κ2) is 2.46. The average molecular weight is 118 g/mol. The fourth-order valence-corrected chi connectivity index (χ4v) is 0.183. The van der Waals surface area contributed by atoms with Crippen LogP contribution in [0.15, 0.2) is 0 Å². The summed E-state index contributed by atoms with van der Waals surface area (Å²) in [6, 6.07) is 0. The molecule has 0 amide bonds. The van der Waals surface area contributed by atoms with Crippen molar-refractivity contribution in [3.63, 3.8) is 0 Å². The molecule has 0 saturated carbocycles. The van der Waals surface area contributed by atoms with E-state index in [0.29, 0.717) is 0 Å².